The minimum atomic E-state index is -3.48. The molecule has 0 radical (unpaired) electrons. The summed E-state index contributed by atoms with van der Waals surface area (Å²) in [6.45, 7) is 2.08. The highest BCUT2D eigenvalue weighted by molar-refractivity contribution is 7.89. The third-order valence-corrected chi connectivity index (χ3v) is 5.35. The van der Waals surface area contributed by atoms with Crippen LogP contribution in [0.2, 0.25) is 0 Å². The van der Waals surface area contributed by atoms with Gasteiger partial charge in [0.1, 0.15) is 0 Å². The second kappa shape index (κ2) is 5.30. The quantitative estimate of drug-likeness (QED) is 0.611. The second-order valence-corrected chi connectivity index (χ2v) is 6.75. The van der Waals surface area contributed by atoms with Crippen LogP contribution in [0.15, 0.2) is 29.2 Å². The van der Waals surface area contributed by atoms with Gasteiger partial charge in [-0.15, -0.1) is 0 Å². The molecule has 19 heavy (non-hydrogen) atoms. The number of sulfonamides is 1. The van der Waals surface area contributed by atoms with Gasteiger partial charge in [0.15, 0.2) is 0 Å². The standard InChI is InChI=1S/C13H19N3O2S/c1-10-4-2-3-5-12(10)19(17,18)16(11-6-7-11)9-8-13(14)15/h2-5,11H,6-9H2,1H3,(H3,14,15). The molecule has 0 saturated heterocycles. The molecule has 1 aliphatic rings. The molecule has 104 valence electrons. The summed E-state index contributed by atoms with van der Waals surface area (Å²) in [4.78, 5) is 0.352. The van der Waals surface area contributed by atoms with E-state index in [-0.39, 0.29) is 24.8 Å². The average molecular weight is 281 g/mol. The summed E-state index contributed by atoms with van der Waals surface area (Å²) in [7, 11) is -3.48. The van der Waals surface area contributed by atoms with Crippen LogP contribution in [0.1, 0.15) is 24.8 Å². The zero-order valence-corrected chi connectivity index (χ0v) is 11.8. The summed E-state index contributed by atoms with van der Waals surface area (Å²) in [6, 6.07) is 7.06. The Morgan fingerprint density at radius 3 is 2.58 bits per heavy atom. The molecule has 1 aromatic carbocycles. The maximum atomic E-state index is 12.7. The Balaban J connectivity index is 2.29. The van der Waals surface area contributed by atoms with E-state index in [1.165, 1.54) is 4.31 Å². The Morgan fingerprint density at radius 1 is 1.42 bits per heavy atom. The number of nitrogens with two attached hydrogens (primary N) is 1. The maximum absolute atomic E-state index is 12.7. The van der Waals surface area contributed by atoms with E-state index in [0.29, 0.717) is 4.90 Å². The van der Waals surface area contributed by atoms with E-state index in [9.17, 15) is 8.42 Å². The number of benzene rings is 1. The molecule has 5 nitrogen and oxygen atoms in total. The molecule has 0 aliphatic heterocycles. The summed E-state index contributed by atoms with van der Waals surface area (Å²) >= 11 is 0. The van der Waals surface area contributed by atoms with Crippen LogP contribution in [-0.4, -0.2) is 31.1 Å². The van der Waals surface area contributed by atoms with Gasteiger partial charge >= 0.3 is 0 Å². The molecule has 0 unspecified atom stereocenters. The molecule has 1 aromatic rings. The van der Waals surface area contributed by atoms with E-state index >= 15 is 0 Å². The Kier molecular flexibility index (Phi) is 3.91. The maximum Gasteiger partial charge on any atom is 0.243 e. The van der Waals surface area contributed by atoms with Gasteiger partial charge < -0.3 is 5.73 Å². The first-order valence-electron chi connectivity index (χ1n) is 6.33. The van der Waals surface area contributed by atoms with E-state index in [2.05, 4.69) is 0 Å². The molecule has 0 atom stereocenters. The lowest BCUT2D eigenvalue weighted by Crippen LogP contribution is -2.36. The largest absolute Gasteiger partial charge is 0.388 e. The summed E-state index contributed by atoms with van der Waals surface area (Å²) in [5.74, 6) is 0.0191. The number of hydrogen-bond acceptors (Lipinski definition) is 3. The van der Waals surface area contributed by atoms with Gasteiger partial charge in [-0.2, -0.15) is 4.31 Å². The Bertz CT molecular complexity index is 579. The Morgan fingerprint density at radius 2 is 2.05 bits per heavy atom. The summed E-state index contributed by atoms with van der Waals surface area (Å²) in [5.41, 5.74) is 6.08. The van der Waals surface area contributed by atoms with Gasteiger partial charge in [-0.1, -0.05) is 18.2 Å². The fourth-order valence-corrected chi connectivity index (χ4v) is 3.98. The van der Waals surface area contributed by atoms with Crippen LogP contribution in [-0.2, 0) is 10.0 Å². The zero-order chi connectivity index (χ0) is 14.0. The Labute approximate surface area is 114 Å². The SMILES string of the molecule is Cc1ccccc1S(=O)(=O)N(CCC(=N)N)C1CC1. The van der Waals surface area contributed by atoms with Crippen molar-refractivity contribution in [3.63, 3.8) is 0 Å². The van der Waals surface area contributed by atoms with Crippen molar-refractivity contribution >= 4 is 15.9 Å². The van der Waals surface area contributed by atoms with Crippen molar-refractivity contribution in [3.8, 4) is 0 Å². The van der Waals surface area contributed by atoms with Gasteiger partial charge in [0.2, 0.25) is 10.0 Å². The lowest BCUT2D eigenvalue weighted by Gasteiger charge is -2.22. The fraction of sp³-hybridized carbons (Fsp3) is 0.462. The molecular formula is C13H19N3O2S. The molecule has 0 heterocycles. The first kappa shape index (κ1) is 14.0. The van der Waals surface area contributed by atoms with Crippen LogP contribution >= 0.6 is 0 Å². The topological polar surface area (TPSA) is 87.2 Å². The van der Waals surface area contributed by atoms with Gasteiger partial charge in [-0.25, -0.2) is 8.42 Å². The van der Waals surface area contributed by atoms with Crippen LogP contribution in [0.5, 0.6) is 0 Å². The van der Waals surface area contributed by atoms with E-state index in [1.807, 2.05) is 6.07 Å². The highest BCUT2D eigenvalue weighted by Crippen LogP contribution is 2.32. The van der Waals surface area contributed by atoms with Gasteiger partial charge in [0, 0.05) is 19.0 Å². The predicted molar refractivity (Wildman–Crippen MR) is 74.6 cm³/mol. The number of hydrogen-bond donors (Lipinski definition) is 2. The third kappa shape index (κ3) is 3.13. The van der Waals surface area contributed by atoms with Crippen molar-refractivity contribution in [3.05, 3.63) is 29.8 Å². The molecule has 3 N–H and O–H groups in total. The number of nitrogens with one attached hydrogen (secondary N) is 1. The second-order valence-electron chi connectivity index (χ2n) is 4.89. The normalized spacial score (nSPS) is 15.7. The molecule has 1 aliphatic carbocycles. The molecule has 0 amide bonds. The molecule has 6 heteroatoms. The van der Waals surface area contributed by atoms with Gasteiger partial charge in [0.25, 0.3) is 0 Å². The fourth-order valence-electron chi connectivity index (χ4n) is 2.06. The first-order chi connectivity index (χ1) is 8.93. The van der Waals surface area contributed by atoms with Crippen molar-refractivity contribution in [1.82, 2.24) is 4.31 Å². The first-order valence-corrected chi connectivity index (χ1v) is 7.77. The van der Waals surface area contributed by atoms with Crippen molar-refractivity contribution in [2.45, 2.75) is 37.1 Å². The monoisotopic (exact) mass is 281 g/mol. The number of amidine groups is 1. The van der Waals surface area contributed by atoms with Crippen molar-refractivity contribution < 1.29 is 8.42 Å². The lowest BCUT2D eigenvalue weighted by molar-refractivity contribution is 0.412. The number of nitrogens with zero attached hydrogens (tertiary/aromatic N) is 1. The predicted octanol–water partition coefficient (Wildman–Crippen LogP) is 1.47. The molecule has 0 spiro atoms. The van der Waals surface area contributed by atoms with Gasteiger partial charge in [-0.05, 0) is 31.4 Å². The van der Waals surface area contributed by atoms with Crippen LogP contribution in [0.3, 0.4) is 0 Å². The highest BCUT2D eigenvalue weighted by Gasteiger charge is 2.38. The van der Waals surface area contributed by atoms with Crippen LogP contribution in [0, 0.1) is 12.3 Å². The van der Waals surface area contributed by atoms with E-state index in [1.54, 1.807) is 25.1 Å². The molecule has 1 saturated carbocycles. The summed E-state index contributed by atoms with van der Waals surface area (Å²) < 4.78 is 26.8. The summed E-state index contributed by atoms with van der Waals surface area (Å²) in [5, 5.41) is 7.26. The van der Waals surface area contributed by atoms with E-state index in [4.69, 9.17) is 11.1 Å². The van der Waals surface area contributed by atoms with Crippen LogP contribution in [0.4, 0.5) is 0 Å². The van der Waals surface area contributed by atoms with E-state index < -0.39 is 10.0 Å². The lowest BCUT2D eigenvalue weighted by atomic mass is 10.2. The molecule has 0 bridgehead atoms. The van der Waals surface area contributed by atoms with Gasteiger partial charge in [-0.3, -0.25) is 5.41 Å². The van der Waals surface area contributed by atoms with E-state index in [0.717, 1.165) is 18.4 Å². The minimum Gasteiger partial charge on any atom is -0.388 e. The Hall–Kier alpha value is -1.40. The molecule has 2 rings (SSSR count). The summed E-state index contributed by atoms with van der Waals surface area (Å²) in [6.07, 6.45) is 2.06. The smallest absolute Gasteiger partial charge is 0.243 e. The minimum absolute atomic E-state index is 0.0191. The molecule has 0 aromatic heterocycles. The van der Waals surface area contributed by atoms with Crippen molar-refractivity contribution in [2.75, 3.05) is 6.54 Å². The molecule has 1 fully saturated rings. The molecular weight excluding hydrogens is 262 g/mol. The van der Waals surface area contributed by atoms with Crippen LogP contribution < -0.4 is 5.73 Å². The van der Waals surface area contributed by atoms with Crippen LogP contribution in [0.25, 0.3) is 0 Å². The zero-order valence-electron chi connectivity index (χ0n) is 11.0. The third-order valence-electron chi connectivity index (χ3n) is 3.24. The average Bonchev–Trinajstić information content (AvgIpc) is 3.13. The van der Waals surface area contributed by atoms with Crippen molar-refractivity contribution in [2.24, 2.45) is 5.73 Å². The number of aryl methyl sites for hydroxylation is 1. The van der Waals surface area contributed by atoms with Gasteiger partial charge in [0.05, 0.1) is 10.7 Å². The number of rotatable bonds is 6. The van der Waals surface area contributed by atoms with Crippen molar-refractivity contribution in [1.29, 1.82) is 5.41 Å². The highest BCUT2D eigenvalue weighted by atomic mass is 32.2.